The number of carbonyl (C=O) groups excluding carboxylic acids is 1. The Morgan fingerprint density at radius 3 is 2.88 bits per heavy atom. The third kappa shape index (κ3) is 2.35. The molecule has 0 bridgehead atoms. The van der Waals surface area contributed by atoms with Gasteiger partial charge in [-0.3, -0.25) is 4.79 Å². The Morgan fingerprint density at radius 2 is 2.04 bits per heavy atom. The van der Waals surface area contributed by atoms with E-state index in [9.17, 15) is 4.79 Å². The van der Waals surface area contributed by atoms with Crippen LogP contribution in [0, 0.1) is 0 Å². The van der Waals surface area contributed by atoms with Crippen LogP contribution < -0.4 is 15.5 Å². The molecule has 2 aliphatic rings. The van der Waals surface area contributed by atoms with Gasteiger partial charge in [-0.15, -0.1) is 11.3 Å². The highest BCUT2D eigenvalue weighted by Crippen LogP contribution is 2.41. The predicted octanol–water partition coefficient (Wildman–Crippen LogP) is 3.59. The molecule has 1 aromatic carbocycles. The summed E-state index contributed by atoms with van der Waals surface area (Å²) in [7, 11) is 0. The molecule has 2 N–H and O–H groups in total. The largest absolute Gasteiger partial charge is 0.381 e. The van der Waals surface area contributed by atoms with Gasteiger partial charge in [0.2, 0.25) is 0 Å². The highest BCUT2D eigenvalue weighted by molar-refractivity contribution is 7.21. The van der Waals surface area contributed by atoms with Crippen molar-refractivity contribution < 1.29 is 4.79 Å². The molecule has 0 aliphatic carbocycles. The second kappa shape index (κ2) is 5.59. The molecule has 1 amide bonds. The summed E-state index contributed by atoms with van der Waals surface area (Å²) >= 11 is 1.55. The molecule has 0 spiro atoms. The summed E-state index contributed by atoms with van der Waals surface area (Å²) in [4.78, 5) is 20.5. The molecule has 1 saturated heterocycles. The summed E-state index contributed by atoms with van der Waals surface area (Å²) in [6.45, 7) is 4.94. The van der Waals surface area contributed by atoms with Crippen molar-refractivity contribution in [2.24, 2.45) is 0 Å². The Kier molecular flexibility index (Phi) is 3.35. The highest BCUT2D eigenvalue weighted by atomic mass is 32.1. The smallest absolute Gasteiger partial charge is 0.263 e. The minimum absolute atomic E-state index is 0.0171. The Bertz CT molecular complexity index is 990. The number of fused-ring (bicyclic) bond motifs is 5. The van der Waals surface area contributed by atoms with Crippen molar-refractivity contribution in [1.82, 2.24) is 10.3 Å². The van der Waals surface area contributed by atoms with Gasteiger partial charge in [-0.2, -0.15) is 0 Å². The first kappa shape index (κ1) is 15.0. The zero-order valence-corrected chi connectivity index (χ0v) is 14.9. The molecule has 4 heterocycles. The van der Waals surface area contributed by atoms with Gasteiger partial charge in [0.25, 0.3) is 5.91 Å². The Hall–Kier alpha value is -2.34. The number of aromatic nitrogens is 1. The van der Waals surface area contributed by atoms with Crippen molar-refractivity contribution in [3.8, 4) is 0 Å². The third-order valence-electron chi connectivity index (χ3n) is 5.11. The number of hydrogen-bond donors (Lipinski definition) is 2. The maximum Gasteiger partial charge on any atom is 0.263 e. The molecular weight excluding hydrogens is 332 g/mol. The number of amides is 1. The van der Waals surface area contributed by atoms with Crippen molar-refractivity contribution in [3.63, 3.8) is 0 Å². The molecule has 1 fully saturated rings. The highest BCUT2D eigenvalue weighted by Gasteiger charge is 2.25. The van der Waals surface area contributed by atoms with Crippen LogP contribution in [0.1, 0.15) is 29.4 Å². The first-order chi connectivity index (χ1) is 12.2. The maximum atomic E-state index is 12.5. The van der Waals surface area contributed by atoms with Gasteiger partial charge in [-0.05, 0) is 44.0 Å². The number of carbonyl (C=O) groups is 1. The second-order valence-corrected chi connectivity index (χ2v) is 7.98. The van der Waals surface area contributed by atoms with Crippen molar-refractivity contribution in [2.75, 3.05) is 29.9 Å². The van der Waals surface area contributed by atoms with Gasteiger partial charge >= 0.3 is 0 Å². The van der Waals surface area contributed by atoms with E-state index in [-0.39, 0.29) is 11.9 Å². The molecule has 25 heavy (non-hydrogen) atoms. The van der Waals surface area contributed by atoms with Crippen LogP contribution in [0.3, 0.4) is 0 Å². The zero-order chi connectivity index (χ0) is 17.0. The summed E-state index contributed by atoms with van der Waals surface area (Å²) in [5.74, 6) is 1.08. The standard InChI is InChI=1S/C19H20N4OS/c1-11-10-20-17-16-12-4-7-15(23-8-2-3-9-23)22-13(12)5-6-14(16)25-18(17)19(24)21-11/h4-7,11,20H,2-3,8-10H2,1H3,(H,21,24)/t11-/m1/s1. The molecule has 2 aliphatic heterocycles. The lowest BCUT2D eigenvalue weighted by Gasteiger charge is -2.17. The summed E-state index contributed by atoms with van der Waals surface area (Å²) in [6, 6.07) is 8.58. The molecule has 1 atom stereocenters. The van der Waals surface area contributed by atoms with Crippen LogP contribution in [0.4, 0.5) is 11.5 Å². The van der Waals surface area contributed by atoms with Crippen LogP contribution in [-0.4, -0.2) is 36.6 Å². The predicted molar refractivity (Wildman–Crippen MR) is 104 cm³/mol. The fraction of sp³-hybridized carbons (Fsp3) is 0.368. The number of pyridine rings is 1. The molecule has 6 heteroatoms. The number of hydrogen-bond acceptors (Lipinski definition) is 5. The number of nitrogens with one attached hydrogen (secondary N) is 2. The Balaban J connectivity index is 1.70. The van der Waals surface area contributed by atoms with Crippen LogP contribution in [0.25, 0.3) is 21.0 Å². The molecule has 0 unspecified atom stereocenters. The number of anilines is 2. The van der Waals surface area contributed by atoms with E-state index in [1.54, 1.807) is 11.3 Å². The van der Waals surface area contributed by atoms with Crippen LogP contribution in [-0.2, 0) is 0 Å². The van der Waals surface area contributed by atoms with Gasteiger partial charge in [-0.25, -0.2) is 4.98 Å². The van der Waals surface area contributed by atoms with Gasteiger partial charge in [-0.1, -0.05) is 0 Å². The average molecular weight is 352 g/mol. The number of thiophene rings is 1. The van der Waals surface area contributed by atoms with Gasteiger partial charge in [0.15, 0.2) is 0 Å². The lowest BCUT2D eigenvalue weighted by Crippen LogP contribution is -2.34. The molecule has 5 nitrogen and oxygen atoms in total. The molecule has 3 aromatic rings. The van der Waals surface area contributed by atoms with E-state index >= 15 is 0 Å². The van der Waals surface area contributed by atoms with Gasteiger partial charge in [0.05, 0.1) is 11.2 Å². The first-order valence-electron chi connectivity index (χ1n) is 8.86. The number of rotatable bonds is 1. The van der Waals surface area contributed by atoms with Gasteiger partial charge in [0.1, 0.15) is 10.7 Å². The monoisotopic (exact) mass is 352 g/mol. The van der Waals surface area contributed by atoms with Crippen LogP contribution in [0.5, 0.6) is 0 Å². The lowest BCUT2D eigenvalue weighted by atomic mass is 10.1. The first-order valence-corrected chi connectivity index (χ1v) is 9.68. The SMILES string of the molecule is C[C@@H]1CNc2c(sc3ccc4nc(N5CCCC5)ccc4c23)C(=O)N1. The van der Waals surface area contributed by atoms with Crippen LogP contribution >= 0.6 is 11.3 Å². The van der Waals surface area contributed by atoms with Crippen molar-refractivity contribution in [2.45, 2.75) is 25.8 Å². The van der Waals surface area contributed by atoms with Crippen LogP contribution in [0.15, 0.2) is 24.3 Å². The summed E-state index contributed by atoms with van der Waals surface area (Å²) in [6.07, 6.45) is 2.49. The maximum absolute atomic E-state index is 12.5. The summed E-state index contributed by atoms with van der Waals surface area (Å²) < 4.78 is 1.13. The van der Waals surface area contributed by atoms with E-state index in [0.29, 0.717) is 0 Å². The van der Waals surface area contributed by atoms with E-state index in [4.69, 9.17) is 4.98 Å². The Labute approximate surface area is 150 Å². The lowest BCUT2D eigenvalue weighted by molar-refractivity contribution is 0.0949. The van der Waals surface area contributed by atoms with Crippen molar-refractivity contribution >= 4 is 49.7 Å². The summed E-state index contributed by atoms with van der Waals surface area (Å²) in [5.41, 5.74) is 1.96. The van der Waals surface area contributed by atoms with Crippen LogP contribution in [0.2, 0.25) is 0 Å². The molecule has 0 saturated carbocycles. The van der Waals surface area contributed by atoms with Crippen molar-refractivity contribution in [1.29, 1.82) is 0 Å². The Morgan fingerprint density at radius 1 is 1.20 bits per heavy atom. The fourth-order valence-corrected chi connectivity index (χ4v) is 4.94. The number of benzene rings is 1. The molecule has 0 radical (unpaired) electrons. The quantitative estimate of drug-likeness (QED) is 0.703. The average Bonchev–Trinajstić information content (AvgIpc) is 3.24. The van der Waals surface area contributed by atoms with E-state index < -0.39 is 0 Å². The normalized spacial score (nSPS) is 20.4. The van der Waals surface area contributed by atoms with E-state index in [0.717, 1.165) is 57.0 Å². The van der Waals surface area contributed by atoms with E-state index in [1.807, 2.05) is 6.92 Å². The van der Waals surface area contributed by atoms with Crippen molar-refractivity contribution in [3.05, 3.63) is 29.1 Å². The minimum Gasteiger partial charge on any atom is -0.381 e. The van der Waals surface area contributed by atoms with Gasteiger partial charge < -0.3 is 15.5 Å². The van der Waals surface area contributed by atoms with Gasteiger partial charge in [0, 0.05) is 41.1 Å². The van der Waals surface area contributed by atoms with E-state index in [1.165, 1.54) is 12.8 Å². The molecule has 5 rings (SSSR count). The molecular formula is C19H20N4OS. The zero-order valence-electron chi connectivity index (χ0n) is 14.1. The fourth-order valence-electron chi connectivity index (χ4n) is 3.84. The minimum atomic E-state index is 0.0171. The second-order valence-electron chi connectivity index (χ2n) is 6.93. The third-order valence-corrected chi connectivity index (χ3v) is 6.26. The summed E-state index contributed by atoms with van der Waals surface area (Å²) in [5, 5.41) is 8.76. The molecule has 128 valence electrons. The van der Waals surface area contributed by atoms with E-state index in [2.05, 4.69) is 39.8 Å². The number of nitrogens with zero attached hydrogens (tertiary/aromatic N) is 2. The topological polar surface area (TPSA) is 57.3 Å². The molecule has 2 aromatic heterocycles.